The fourth-order valence-electron chi connectivity index (χ4n) is 1.11. The molecular weight excluding hydrogens is 319 g/mol. The van der Waals surface area contributed by atoms with Crippen LogP contribution in [0.15, 0.2) is 0 Å². The number of piperazine rings is 2. The minimum atomic E-state index is 0. The third-order valence-electron chi connectivity index (χ3n) is 1.79. The van der Waals surface area contributed by atoms with Crippen molar-refractivity contribution in [3.63, 3.8) is 0 Å². The number of halogens is 2. The topological polar surface area (TPSA) is 52.3 Å². The van der Waals surface area contributed by atoms with Gasteiger partial charge in [-0.05, 0) is 26.2 Å². The number of rotatable bonds is 0. The van der Waals surface area contributed by atoms with Gasteiger partial charge in [0.1, 0.15) is 0 Å². The smallest absolute Gasteiger partial charge is 1.00 e. The van der Waals surface area contributed by atoms with Crippen molar-refractivity contribution in [2.75, 3.05) is 52.4 Å². The van der Waals surface area contributed by atoms with Gasteiger partial charge in [-0.3, -0.25) is 0 Å². The fraction of sp³-hybridized carbons (Fsp3) is 1.00. The minimum Gasteiger partial charge on any atom is -1.00 e. The summed E-state index contributed by atoms with van der Waals surface area (Å²) in [6.45, 7) is 8.39. The Morgan fingerprint density at radius 3 is 0.875 bits per heavy atom. The van der Waals surface area contributed by atoms with Crippen molar-refractivity contribution in [2.24, 2.45) is 0 Å². The molecular formula is C8H18Cl2N4Ti2. The molecule has 0 aliphatic carbocycles. The normalized spacial score (nSPS) is 18.0. The monoisotopic (exact) mass is 336 g/mol. The van der Waals surface area contributed by atoms with Crippen molar-refractivity contribution in [1.29, 1.82) is 0 Å². The summed E-state index contributed by atoms with van der Waals surface area (Å²) in [6, 6.07) is 0. The molecule has 4 nitrogen and oxygen atoms in total. The summed E-state index contributed by atoms with van der Waals surface area (Å²) in [5.74, 6) is 0. The molecule has 16 heavy (non-hydrogen) atoms. The van der Waals surface area contributed by atoms with Crippen LogP contribution in [0.25, 0.3) is 10.6 Å². The van der Waals surface area contributed by atoms with Crippen LogP contribution in [-0.4, -0.2) is 52.4 Å². The first kappa shape index (κ1) is 26.4. The largest absolute Gasteiger partial charge is 2.00 e. The summed E-state index contributed by atoms with van der Waals surface area (Å²) >= 11 is 0. The van der Waals surface area contributed by atoms with Gasteiger partial charge in [0.25, 0.3) is 0 Å². The molecule has 2 fully saturated rings. The van der Waals surface area contributed by atoms with Gasteiger partial charge in [-0.1, -0.05) is 0 Å². The Morgan fingerprint density at radius 2 is 0.812 bits per heavy atom. The minimum absolute atomic E-state index is 0. The van der Waals surface area contributed by atoms with Gasteiger partial charge in [-0.15, -0.1) is 26.2 Å². The molecule has 0 aromatic carbocycles. The molecule has 0 spiro atoms. The first-order chi connectivity index (χ1) is 6.00. The zero-order valence-corrected chi connectivity index (χ0v) is 13.9. The van der Waals surface area contributed by atoms with Crippen LogP contribution >= 0.6 is 0 Å². The number of hydrogen-bond donors (Lipinski definition) is 2. The van der Waals surface area contributed by atoms with E-state index in [1.54, 1.807) is 0 Å². The summed E-state index contributed by atoms with van der Waals surface area (Å²) in [6.07, 6.45) is 0. The van der Waals surface area contributed by atoms with Crippen LogP contribution in [-0.2, 0) is 43.4 Å². The van der Waals surface area contributed by atoms with Crippen LogP contribution in [0.5, 0.6) is 0 Å². The van der Waals surface area contributed by atoms with Crippen molar-refractivity contribution in [1.82, 2.24) is 10.6 Å². The molecule has 0 unspecified atom stereocenters. The van der Waals surface area contributed by atoms with E-state index in [-0.39, 0.29) is 68.2 Å². The molecule has 0 saturated carbocycles. The predicted molar refractivity (Wildman–Crippen MR) is 51.9 cm³/mol. The maximum Gasteiger partial charge on any atom is 2.00 e. The predicted octanol–water partition coefficient (Wildman–Crippen LogP) is -6.07. The standard InChI is InChI=1S/2C4H9N2.2ClH.2Ti/c2*1-2-6-4-3-5-1;;;;/h2*5H,1-4H2;2*1H;;/q2*-1;;;2*+2/p-2. The molecule has 0 aromatic heterocycles. The SMILES string of the molecule is C1CNCC[N-]1.C1CNCC[N-]1.[Cl-].[Cl-].[Ti+2].[Ti+2]. The Hall–Kier alpha value is 1.85. The van der Waals surface area contributed by atoms with Gasteiger partial charge in [-0.25, -0.2) is 0 Å². The zero-order chi connectivity index (χ0) is 8.49. The molecule has 8 heteroatoms. The molecule has 0 atom stereocenters. The Balaban J connectivity index is -0.0000000720. The molecule has 2 N–H and O–H groups in total. The summed E-state index contributed by atoms with van der Waals surface area (Å²) in [5.41, 5.74) is 0. The van der Waals surface area contributed by atoms with E-state index < -0.39 is 0 Å². The summed E-state index contributed by atoms with van der Waals surface area (Å²) in [4.78, 5) is 0. The van der Waals surface area contributed by atoms with Gasteiger partial charge in [0, 0.05) is 0 Å². The van der Waals surface area contributed by atoms with Crippen LogP contribution < -0.4 is 35.4 Å². The molecule has 0 radical (unpaired) electrons. The Labute approximate surface area is 141 Å². The summed E-state index contributed by atoms with van der Waals surface area (Å²) in [5, 5.41) is 14.6. The second kappa shape index (κ2) is 22.1. The van der Waals surface area contributed by atoms with E-state index >= 15 is 0 Å². The van der Waals surface area contributed by atoms with E-state index in [2.05, 4.69) is 21.3 Å². The van der Waals surface area contributed by atoms with Gasteiger partial charge in [-0.2, -0.15) is 0 Å². The van der Waals surface area contributed by atoms with Gasteiger partial charge in [0.05, 0.1) is 0 Å². The molecule has 2 aliphatic heterocycles. The zero-order valence-electron chi connectivity index (χ0n) is 9.31. The van der Waals surface area contributed by atoms with E-state index in [0.717, 1.165) is 52.4 Å². The quantitative estimate of drug-likeness (QED) is 0.433. The average Bonchev–Trinajstić information content (AvgIpc) is 2.24. The molecule has 2 heterocycles. The Kier molecular flexibility index (Phi) is 36.4. The third-order valence-corrected chi connectivity index (χ3v) is 1.79. The van der Waals surface area contributed by atoms with Crippen molar-refractivity contribution < 1.29 is 68.2 Å². The van der Waals surface area contributed by atoms with Crippen LogP contribution in [0.2, 0.25) is 0 Å². The first-order valence-corrected chi connectivity index (χ1v) is 4.68. The van der Waals surface area contributed by atoms with Crippen LogP contribution in [0, 0.1) is 0 Å². The van der Waals surface area contributed by atoms with Crippen LogP contribution in [0.3, 0.4) is 0 Å². The second-order valence-corrected chi connectivity index (χ2v) is 2.84. The molecule has 0 amide bonds. The molecule has 0 aromatic rings. The van der Waals surface area contributed by atoms with E-state index in [9.17, 15) is 0 Å². The van der Waals surface area contributed by atoms with E-state index in [0.29, 0.717) is 0 Å². The first-order valence-electron chi connectivity index (χ1n) is 4.68. The maximum atomic E-state index is 4.11. The van der Waals surface area contributed by atoms with Crippen molar-refractivity contribution in [3.05, 3.63) is 10.6 Å². The summed E-state index contributed by atoms with van der Waals surface area (Å²) < 4.78 is 0. The van der Waals surface area contributed by atoms with Crippen molar-refractivity contribution in [3.8, 4) is 0 Å². The Bertz CT molecular complexity index is 71.0. The van der Waals surface area contributed by atoms with Crippen molar-refractivity contribution in [2.45, 2.75) is 0 Å². The number of hydrogen-bond acceptors (Lipinski definition) is 2. The molecule has 2 saturated heterocycles. The van der Waals surface area contributed by atoms with Gasteiger partial charge >= 0.3 is 43.4 Å². The average molecular weight is 337 g/mol. The van der Waals surface area contributed by atoms with E-state index in [1.807, 2.05) is 0 Å². The maximum absolute atomic E-state index is 4.11. The number of nitrogens with one attached hydrogen (secondary N) is 2. The fourth-order valence-corrected chi connectivity index (χ4v) is 1.11. The van der Waals surface area contributed by atoms with Crippen LogP contribution in [0.4, 0.5) is 0 Å². The second-order valence-electron chi connectivity index (χ2n) is 2.84. The molecule has 92 valence electrons. The molecule has 2 rings (SSSR count). The molecule has 0 bridgehead atoms. The van der Waals surface area contributed by atoms with Crippen molar-refractivity contribution >= 4 is 0 Å². The van der Waals surface area contributed by atoms with Crippen LogP contribution in [0.1, 0.15) is 0 Å². The molecule has 2 aliphatic rings. The number of nitrogens with zero attached hydrogens (tertiary/aromatic N) is 2. The van der Waals surface area contributed by atoms with Gasteiger partial charge in [0.15, 0.2) is 0 Å². The Morgan fingerprint density at radius 1 is 0.562 bits per heavy atom. The summed E-state index contributed by atoms with van der Waals surface area (Å²) in [7, 11) is 0. The third kappa shape index (κ3) is 18.2. The van der Waals surface area contributed by atoms with E-state index in [4.69, 9.17) is 0 Å². The van der Waals surface area contributed by atoms with Gasteiger partial charge < -0.3 is 46.1 Å². The van der Waals surface area contributed by atoms with Gasteiger partial charge in [0.2, 0.25) is 0 Å². The van der Waals surface area contributed by atoms with E-state index in [1.165, 1.54) is 0 Å².